The Kier molecular flexibility index (Phi) is 5.93. The van der Waals surface area contributed by atoms with Crippen molar-refractivity contribution in [2.75, 3.05) is 10.6 Å². The van der Waals surface area contributed by atoms with Crippen molar-refractivity contribution < 1.29 is 14.0 Å². The van der Waals surface area contributed by atoms with E-state index in [-0.39, 0.29) is 11.7 Å². The third kappa shape index (κ3) is 4.60. The van der Waals surface area contributed by atoms with Crippen LogP contribution in [0.15, 0.2) is 77.6 Å². The Bertz CT molecular complexity index is 1450. The molecule has 0 spiro atoms. The highest BCUT2D eigenvalue weighted by Gasteiger charge is 2.20. The lowest BCUT2D eigenvalue weighted by Gasteiger charge is -2.05. The molecule has 0 unspecified atom stereocenters. The maximum Gasteiger partial charge on any atom is 0.295 e. The lowest BCUT2D eigenvalue weighted by molar-refractivity contribution is 0.101. The average Bonchev–Trinajstić information content (AvgIpc) is 3.61. The highest BCUT2D eigenvalue weighted by atomic mass is 32.1. The van der Waals surface area contributed by atoms with Crippen molar-refractivity contribution in [3.05, 3.63) is 94.8 Å². The number of halogens is 1. The minimum Gasteiger partial charge on any atom is -0.319 e. The fraction of sp³-hybridized carbons (Fsp3) is 0. The third-order valence-electron chi connectivity index (χ3n) is 4.66. The number of amides is 2. The Morgan fingerprint density at radius 3 is 2.47 bits per heavy atom. The zero-order chi connectivity index (χ0) is 23.5. The van der Waals surface area contributed by atoms with Crippen molar-refractivity contribution in [1.29, 1.82) is 0 Å². The molecule has 5 rings (SSSR count). The quantitative estimate of drug-likeness (QED) is 0.345. The molecule has 0 aliphatic heterocycles. The van der Waals surface area contributed by atoms with Crippen molar-refractivity contribution in [2.24, 2.45) is 0 Å². The number of rotatable bonds is 6. The molecule has 11 heteroatoms. The number of hydrogen-bond acceptors (Lipinski definition) is 7. The normalized spacial score (nSPS) is 10.7. The number of benzene rings is 2. The number of nitrogens with one attached hydrogen (secondary N) is 2. The molecule has 0 bridgehead atoms. The molecule has 0 atom stereocenters. The zero-order valence-electron chi connectivity index (χ0n) is 17.3. The number of thiazole rings is 1. The lowest BCUT2D eigenvalue weighted by Crippen LogP contribution is -2.15. The van der Waals surface area contributed by atoms with Crippen LogP contribution in [0.4, 0.5) is 15.2 Å². The number of nitrogens with zero attached hydrogens (tertiary/aromatic N) is 4. The van der Waals surface area contributed by atoms with Gasteiger partial charge in [0.25, 0.3) is 11.8 Å². The molecule has 2 amide bonds. The van der Waals surface area contributed by atoms with E-state index in [1.807, 2.05) is 17.5 Å². The van der Waals surface area contributed by atoms with Gasteiger partial charge in [-0.1, -0.05) is 12.1 Å². The van der Waals surface area contributed by atoms with Gasteiger partial charge in [0.05, 0.1) is 10.6 Å². The lowest BCUT2D eigenvalue weighted by atomic mass is 10.2. The molecule has 5 aromatic rings. The van der Waals surface area contributed by atoms with E-state index in [0.29, 0.717) is 27.9 Å². The minimum atomic E-state index is -0.534. The number of carbonyl (C=O) groups is 2. The van der Waals surface area contributed by atoms with E-state index in [1.165, 1.54) is 39.5 Å². The number of carbonyl (C=O) groups excluding carboxylic acids is 2. The molecular weight excluding hydrogens is 475 g/mol. The van der Waals surface area contributed by atoms with E-state index in [1.54, 1.807) is 48.0 Å². The summed E-state index contributed by atoms with van der Waals surface area (Å²) in [6.45, 7) is 0. The van der Waals surface area contributed by atoms with Gasteiger partial charge in [0, 0.05) is 22.8 Å². The van der Waals surface area contributed by atoms with E-state index < -0.39 is 11.7 Å². The molecule has 168 valence electrons. The first-order valence-corrected chi connectivity index (χ1v) is 11.7. The average molecular weight is 491 g/mol. The van der Waals surface area contributed by atoms with Gasteiger partial charge >= 0.3 is 0 Å². The highest BCUT2D eigenvalue weighted by Crippen LogP contribution is 2.26. The molecule has 0 aliphatic carbocycles. The zero-order valence-corrected chi connectivity index (χ0v) is 18.9. The van der Waals surface area contributed by atoms with Crippen LogP contribution < -0.4 is 10.6 Å². The largest absolute Gasteiger partial charge is 0.319 e. The summed E-state index contributed by atoms with van der Waals surface area (Å²) in [4.78, 5) is 34.4. The summed E-state index contributed by atoms with van der Waals surface area (Å²) in [6, 6.07) is 16.0. The molecule has 2 N–H and O–H groups in total. The van der Waals surface area contributed by atoms with Gasteiger partial charge in [0.15, 0.2) is 11.0 Å². The fourth-order valence-electron chi connectivity index (χ4n) is 3.11. The van der Waals surface area contributed by atoms with Crippen molar-refractivity contribution >= 4 is 45.3 Å². The minimum absolute atomic E-state index is 0.0711. The second-order valence-electron chi connectivity index (χ2n) is 6.95. The van der Waals surface area contributed by atoms with Gasteiger partial charge in [-0.15, -0.1) is 27.8 Å². The topological polar surface area (TPSA) is 102 Å². The molecule has 0 fully saturated rings. The molecule has 3 heterocycles. The van der Waals surface area contributed by atoms with E-state index in [9.17, 15) is 14.0 Å². The van der Waals surface area contributed by atoms with Gasteiger partial charge in [-0.2, -0.15) is 0 Å². The van der Waals surface area contributed by atoms with Gasteiger partial charge in [0.1, 0.15) is 5.82 Å². The van der Waals surface area contributed by atoms with Gasteiger partial charge in [-0.3, -0.25) is 14.9 Å². The van der Waals surface area contributed by atoms with Crippen LogP contribution in [0.5, 0.6) is 0 Å². The maximum absolute atomic E-state index is 13.8. The van der Waals surface area contributed by atoms with Gasteiger partial charge in [-0.05, 0) is 53.9 Å². The molecule has 0 saturated heterocycles. The predicted octanol–water partition coefficient (Wildman–Crippen LogP) is 5.10. The number of hydrogen-bond donors (Lipinski definition) is 2. The van der Waals surface area contributed by atoms with E-state index in [0.717, 1.165) is 4.88 Å². The van der Waals surface area contributed by atoms with Crippen LogP contribution in [0.1, 0.15) is 21.0 Å². The number of thiophene rings is 1. The van der Waals surface area contributed by atoms with Crippen LogP contribution in [0.2, 0.25) is 0 Å². The summed E-state index contributed by atoms with van der Waals surface area (Å²) >= 11 is 2.75. The van der Waals surface area contributed by atoms with Crippen LogP contribution in [-0.4, -0.2) is 31.6 Å². The Morgan fingerprint density at radius 1 is 0.912 bits per heavy atom. The Morgan fingerprint density at radius 2 is 1.76 bits per heavy atom. The van der Waals surface area contributed by atoms with Crippen molar-refractivity contribution in [3.8, 4) is 16.4 Å². The summed E-state index contributed by atoms with van der Waals surface area (Å²) < 4.78 is 15.2. The fourth-order valence-corrected chi connectivity index (χ4v) is 4.33. The molecule has 3 aromatic heterocycles. The molecule has 0 radical (unpaired) electrons. The molecule has 0 saturated carbocycles. The molecule has 8 nitrogen and oxygen atoms in total. The smallest absolute Gasteiger partial charge is 0.295 e. The van der Waals surface area contributed by atoms with Crippen molar-refractivity contribution in [2.45, 2.75) is 0 Å². The van der Waals surface area contributed by atoms with Crippen LogP contribution >= 0.6 is 22.7 Å². The second-order valence-corrected chi connectivity index (χ2v) is 8.79. The van der Waals surface area contributed by atoms with E-state index >= 15 is 0 Å². The standard InChI is InChI=1S/C23H15FN6O2S2/c24-15-3-1-4-17(13-15)30-20(18-5-2-11-33-18)27-19(29-30)22(32)26-16-8-6-14(7-9-16)21(31)28-23-25-10-12-34-23/h1-13H,(H,26,32)(H,25,28,31). The van der Waals surface area contributed by atoms with Crippen molar-refractivity contribution in [3.63, 3.8) is 0 Å². The summed E-state index contributed by atoms with van der Waals surface area (Å²) in [5.41, 5.74) is 1.34. The molecule has 0 aliphatic rings. The maximum atomic E-state index is 13.8. The van der Waals surface area contributed by atoms with E-state index in [4.69, 9.17) is 0 Å². The van der Waals surface area contributed by atoms with Gasteiger partial charge in [-0.25, -0.2) is 19.0 Å². The summed E-state index contributed by atoms with van der Waals surface area (Å²) in [5, 5.41) is 13.9. The number of anilines is 2. The van der Waals surface area contributed by atoms with Gasteiger partial charge < -0.3 is 5.32 Å². The summed E-state index contributed by atoms with van der Waals surface area (Å²) in [6.07, 6.45) is 1.60. The Balaban J connectivity index is 1.36. The van der Waals surface area contributed by atoms with Crippen LogP contribution in [0, 0.1) is 5.82 Å². The Hall–Kier alpha value is -4.22. The highest BCUT2D eigenvalue weighted by molar-refractivity contribution is 7.14. The second kappa shape index (κ2) is 9.33. The monoisotopic (exact) mass is 490 g/mol. The predicted molar refractivity (Wildman–Crippen MR) is 129 cm³/mol. The van der Waals surface area contributed by atoms with Crippen molar-refractivity contribution in [1.82, 2.24) is 19.7 Å². The van der Waals surface area contributed by atoms with Gasteiger partial charge in [0.2, 0.25) is 5.82 Å². The first-order chi connectivity index (χ1) is 16.6. The third-order valence-corrected chi connectivity index (χ3v) is 6.22. The summed E-state index contributed by atoms with van der Waals surface area (Å²) in [7, 11) is 0. The first kappa shape index (κ1) is 21.6. The molecule has 2 aromatic carbocycles. The van der Waals surface area contributed by atoms with Crippen LogP contribution in [0.25, 0.3) is 16.4 Å². The summed E-state index contributed by atoms with van der Waals surface area (Å²) in [5.74, 6) is -0.898. The molecular formula is C23H15FN6O2S2. The Labute approximate surface area is 200 Å². The number of aromatic nitrogens is 4. The SMILES string of the molecule is O=C(Nc1nccs1)c1ccc(NC(=O)c2nc(-c3cccs3)n(-c3cccc(F)c3)n2)cc1. The first-order valence-electron chi connectivity index (χ1n) is 9.96. The van der Waals surface area contributed by atoms with Crippen LogP contribution in [-0.2, 0) is 0 Å². The van der Waals surface area contributed by atoms with E-state index in [2.05, 4.69) is 25.7 Å². The van der Waals surface area contributed by atoms with Crippen LogP contribution in [0.3, 0.4) is 0 Å². The molecule has 34 heavy (non-hydrogen) atoms.